The van der Waals surface area contributed by atoms with Gasteiger partial charge in [-0.2, -0.15) is 0 Å². The molecule has 148 valence electrons. The normalized spacial score (nSPS) is 12.4. The Morgan fingerprint density at radius 2 is 2.00 bits per heavy atom. The summed E-state index contributed by atoms with van der Waals surface area (Å²) in [5, 5.41) is 4.87. The van der Waals surface area contributed by atoms with Crippen LogP contribution in [0.3, 0.4) is 0 Å². The van der Waals surface area contributed by atoms with E-state index in [1.807, 2.05) is 12.3 Å². The third-order valence-electron chi connectivity index (χ3n) is 4.34. The quantitative estimate of drug-likeness (QED) is 0.602. The molecule has 0 unspecified atom stereocenters. The average Bonchev–Trinajstić information content (AvgIpc) is 3.11. The van der Waals surface area contributed by atoms with Gasteiger partial charge in [-0.3, -0.25) is 14.0 Å². The van der Waals surface area contributed by atoms with Crippen LogP contribution in [0, 0.1) is 5.92 Å². The van der Waals surface area contributed by atoms with E-state index < -0.39 is 0 Å². The van der Waals surface area contributed by atoms with Gasteiger partial charge in [-0.25, -0.2) is 4.98 Å². The number of thiazole rings is 1. The van der Waals surface area contributed by atoms with Crippen LogP contribution >= 0.6 is 23.1 Å². The van der Waals surface area contributed by atoms with Crippen molar-refractivity contribution < 1.29 is 4.79 Å². The number of amides is 1. The van der Waals surface area contributed by atoms with E-state index in [9.17, 15) is 9.59 Å². The molecule has 1 aromatic carbocycles. The highest BCUT2D eigenvalue weighted by Crippen LogP contribution is 2.17. The second kappa shape index (κ2) is 9.39. The van der Waals surface area contributed by atoms with Crippen LogP contribution in [0.25, 0.3) is 4.96 Å². The Balaban J connectivity index is 1.48. The second-order valence-electron chi connectivity index (χ2n) is 7.26. The Hall–Kier alpha value is -2.12. The third kappa shape index (κ3) is 5.45. The van der Waals surface area contributed by atoms with E-state index in [0.29, 0.717) is 28.1 Å². The standard InChI is InChI=1S/C21H25N3O2S2/c1-14(2)10-16-4-6-17(7-5-16)15(3)22-19(25)13-27-12-18-11-20(26)24-8-9-28-21(24)23-18/h4-9,11,14-15H,10,12-13H2,1-3H3,(H,22,25)/t15-/m0/s1. The van der Waals surface area contributed by atoms with Crippen molar-refractivity contribution in [2.75, 3.05) is 5.75 Å². The van der Waals surface area contributed by atoms with Crippen LogP contribution in [-0.4, -0.2) is 21.0 Å². The molecule has 3 rings (SSSR count). The van der Waals surface area contributed by atoms with Crippen LogP contribution in [-0.2, 0) is 17.0 Å². The Kier molecular flexibility index (Phi) is 6.91. The predicted molar refractivity (Wildman–Crippen MR) is 117 cm³/mol. The van der Waals surface area contributed by atoms with Gasteiger partial charge in [0.25, 0.3) is 5.56 Å². The maximum Gasteiger partial charge on any atom is 0.258 e. The molecule has 1 N–H and O–H groups in total. The summed E-state index contributed by atoms with van der Waals surface area (Å²) in [7, 11) is 0. The predicted octanol–water partition coefficient (Wildman–Crippen LogP) is 4.07. The van der Waals surface area contributed by atoms with Gasteiger partial charge in [0.05, 0.1) is 17.5 Å². The molecule has 0 saturated carbocycles. The zero-order valence-electron chi connectivity index (χ0n) is 16.3. The number of aromatic nitrogens is 2. The van der Waals surface area contributed by atoms with E-state index in [1.54, 1.807) is 6.20 Å². The molecule has 2 heterocycles. The lowest BCUT2D eigenvalue weighted by Crippen LogP contribution is -2.28. The molecule has 0 fully saturated rings. The number of nitrogens with one attached hydrogen (secondary N) is 1. The van der Waals surface area contributed by atoms with Crippen LogP contribution in [0.2, 0.25) is 0 Å². The maximum absolute atomic E-state index is 12.3. The van der Waals surface area contributed by atoms with Crippen molar-refractivity contribution >= 4 is 34.0 Å². The van der Waals surface area contributed by atoms with Gasteiger partial charge < -0.3 is 5.32 Å². The topological polar surface area (TPSA) is 63.5 Å². The van der Waals surface area contributed by atoms with Crippen molar-refractivity contribution in [3.05, 3.63) is 69.1 Å². The zero-order valence-corrected chi connectivity index (χ0v) is 18.0. The fourth-order valence-corrected chi connectivity index (χ4v) is 4.46. The van der Waals surface area contributed by atoms with Crippen molar-refractivity contribution in [1.29, 1.82) is 0 Å². The monoisotopic (exact) mass is 415 g/mol. The largest absolute Gasteiger partial charge is 0.349 e. The number of thioether (sulfide) groups is 1. The van der Waals surface area contributed by atoms with Crippen molar-refractivity contribution in [3.8, 4) is 0 Å². The highest BCUT2D eigenvalue weighted by Gasteiger charge is 2.11. The first kappa shape index (κ1) is 20.6. The average molecular weight is 416 g/mol. The summed E-state index contributed by atoms with van der Waals surface area (Å²) in [6.45, 7) is 6.41. The number of nitrogens with zero attached hydrogens (tertiary/aromatic N) is 2. The molecular weight excluding hydrogens is 390 g/mol. The van der Waals surface area contributed by atoms with Gasteiger partial charge in [0.15, 0.2) is 4.96 Å². The lowest BCUT2D eigenvalue weighted by molar-refractivity contribution is -0.119. The molecule has 1 amide bonds. The summed E-state index contributed by atoms with van der Waals surface area (Å²) in [6, 6.07) is 9.94. The van der Waals surface area contributed by atoms with Crippen LogP contribution in [0.4, 0.5) is 0 Å². The van der Waals surface area contributed by atoms with Gasteiger partial charge in [0, 0.05) is 23.4 Å². The van der Waals surface area contributed by atoms with E-state index in [4.69, 9.17) is 0 Å². The van der Waals surface area contributed by atoms with E-state index >= 15 is 0 Å². The fraction of sp³-hybridized carbons (Fsp3) is 0.381. The summed E-state index contributed by atoms with van der Waals surface area (Å²) >= 11 is 2.89. The number of rotatable bonds is 8. The summed E-state index contributed by atoms with van der Waals surface area (Å²) in [4.78, 5) is 29.4. The number of fused-ring (bicyclic) bond motifs is 1. The Morgan fingerprint density at radius 3 is 2.71 bits per heavy atom. The number of carbonyl (C=O) groups excluding carboxylic acids is 1. The molecule has 0 radical (unpaired) electrons. The molecular formula is C21H25N3O2S2. The molecule has 5 nitrogen and oxygen atoms in total. The minimum absolute atomic E-state index is 0.0160. The Morgan fingerprint density at radius 1 is 1.25 bits per heavy atom. The van der Waals surface area contributed by atoms with E-state index in [2.05, 4.69) is 48.4 Å². The number of hydrogen-bond acceptors (Lipinski definition) is 5. The number of carbonyl (C=O) groups is 1. The Labute approximate surface area is 173 Å². The van der Waals surface area contributed by atoms with Crippen LogP contribution < -0.4 is 10.9 Å². The van der Waals surface area contributed by atoms with E-state index in [0.717, 1.165) is 12.0 Å². The van der Waals surface area contributed by atoms with Crippen molar-refractivity contribution in [3.63, 3.8) is 0 Å². The smallest absolute Gasteiger partial charge is 0.258 e. The maximum atomic E-state index is 12.3. The van der Waals surface area contributed by atoms with Gasteiger partial charge >= 0.3 is 0 Å². The summed E-state index contributed by atoms with van der Waals surface area (Å²) in [6.07, 6.45) is 2.78. The molecule has 0 aliphatic rings. The summed E-state index contributed by atoms with van der Waals surface area (Å²) in [5.74, 6) is 1.49. The Bertz CT molecular complexity index is 993. The van der Waals surface area contributed by atoms with Crippen LogP contribution in [0.15, 0.2) is 46.7 Å². The molecule has 0 spiro atoms. The first-order valence-electron chi connectivity index (χ1n) is 9.34. The van der Waals surface area contributed by atoms with Gasteiger partial charge in [-0.1, -0.05) is 38.1 Å². The zero-order chi connectivity index (χ0) is 20.1. The highest BCUT2D eigenvalue weighted by molar-refractivity contribution is 7.99. The van der Waals surface area contributed by atoms with Gasteiger partial charge in [0.1, 0.15) is 0 Å². The van der Waals surface area contributed by atoms with Crippen LogP contribution in [0.1, 0.15) is 43.6 Å². The molecule has 28 heavy (non-hydrogen) atoms. The molecule has 3 aromatic rings. The molecule has 0 bridgehead atoms. The van der Waals surface area contributed by atoms with E-state index in [-0.39, 0.29) is 17.5 Å². The van der Waals surface area contributed by atoms with Gasteiger partial charge in [-0.05, 0) is 30.4 Å². The number of hydrogen-bond donors (Lipinski definition) is 1. The molecule has 2 aromatic heterocycles. The minimum atomic E-state index is -0.0826. The lowest BCUT2D eigenvalue weighted by Gasteiger charge is -2.15. The summed E-state index contributed by atoms with van der Waals surface area (Å²) < 4.78 is 1.53. The first-order chi connectivity index (χ1) is 13.4. The highest BCUT2D eigenvalue weighted by atomic mass is 32.2. The third-order valence-corrected chi connectivity index (χ3v) is 6.06. The first-order valence-corrected chi connectivity index (χ1v) is 11.4. The SMILES string of the molecule is CC(C)Cc1ccc([C@H](C)NC(=O)CSCc2cc(=O)n3ccsc3n2)cc1. The number of benzene rings is 1. The second-order valence-corrected chi connectivity index (χ2v) is 9.12. The fourth-order valence-electron chi connectivity index (χ4n) is 2.99. The van der Waals surface area contributed by atoms with Gasteiger partial charge in [-0.15, -0.1) is 23.1 Å². The van der Waals surface area contributed by atoms with Crippen molar-refractivity contribution in [2.24, 2.45) is 5.92 Å². The van der Waals surface area contributed by atoms with Crippen molar-refractivity contribution in [1.82, 2.24) is 14.7 Å². The minimum Gasteiger partial charge on any atom is -0.349 e. The molecule has 1 atom stereocenters. The molecule has 0 aliphatic heterocycles. The van der Waals surface area contributed by atoms with Crippen LogP contribution in [0.5, 0.6) is 0 Å². The van der Waals surface area contributed by atoms with E-state index in [1.165, 1.54) is 39.1 Å². The van der Waals surface area contributed by atoms with Crippen molar-refractivity contribution in [2.45, 2.75) is 39.0 Å². The van der Waals surface area contributed by atoms with Gasteiger partial charge in [0.2, 0.25) is 5.91 Å². The molecule has 0 saturated heterocycles. The molecule has 7 heteroatoms. The molecule has 0 aliphatic carbocycles. The lowest BCUT2D eigenvalue weighted by atomic mass is 10.00. The summed E-state index contributed by atoms with van der Waals surface area (Å²) in [5.41, 5.74) is 3.04.